The summed E-state index contributed by atoms with van der Waals surface area (Å²) in [6.07, 6.45) is 2.04. The van der Waals surface area contributed by atoms with Crippen LogP contribution in [0.4, 0.5) is 0 Å². The predicted molar refractivity (Wildman–Crippen MR) is 24.4 cm³/mol. The zero-order valence-corrected chi connectivity index (χ0v) is 3.97. The minimum absolute atomic E-state index is 0.468. The molecule has 0 heterocycles. The molecule has 0 unspecified atom stereocenters. The Morgan fingerprint density at radius 3 is 2.57 bits per heavy atom. The second-order valence-corrected chi connectivity index (χ2v) is 1.12. The molecule has 0 aromatic heterocycles. The molecule has 1 N–H and O–H groups in total. The molecule has 0 aromatic rings. The van der Waals surface area contributed by atoms with Crippen molar-refractivity contribution < 1.29 is 9.59 Å². The second kappa shape index (κ2) is 3.33. The summed E-state index contributed by atoms with van der Waals surface area (Å²) in [4.78, 5) is 19.0. The van der Waals surface area contributed by atoms with Crippen LogP contribution in [0.1, 0.15) is 6.92 Å². The minimum atomic E-state index is -0.475. The van der Waals surface area contributed by atoms with Gasteiger partial charge in [-0.1, -0.05) is 0 Å². The Balaban J connectivity index is 3.15. The standard InChI is InChI=1S/C4H6NO2/c1-4(2-6)5-3-7/h3-4H,1H3,(H,5,7)/t4-/m1/s1. The van der Waals surface area contributed by atoms with Gasteiger partial charge in [-0.2, -0.15) is 0 Å². The van der Waals surface area contributed by atoms with Gasteiger partial charge < -0.3 is 5.32 Å². The molecule has 0 aromatic carbocycles. The maximum atomic E-state index is 9.55. The highest BCUT2D eigenvalue weighted by Gasteiger charge is 1.92. The van der Waals surface area contributed by atoms with Crippen molar-refractivity contribution in [2.45, 2.75) is 13.0 Å². The van der Waals surface area contributed by atoms with E-state index >= 15 is 0 Å². The Hall–Kier alpha value is -0.860. The van der Waals surface area contributed by atoms with Crippen LogP contribution in [0.5, 0.6) is 0 Å². The fraction of sp³-hybridized carbons (Fsp3) is 0.500. The van der Waals surface area contributed by atoms with Gasteiger partial charge in [-0.05, 0) is 6.92 Å². The fourth-order valence-corrected chi connectivity index (χ4v) is 0.136. The van der Waals surface area contributed by atoms with Crippen LogP contribution < -0.4 is 5.32 Å². The van der Waals surface area contributed by atoms with Crippen LogP contribution in [0.3, 0.4) is 0 Å². The summed E-state index contributed by atoms with van der Waals surface area (Å²) in [6.45, 7) is 1.54. The second-order valence-electron chi connectivity index (χ2n) is 1.12. The first-order valence-electron chi connectivity index (χ1n) is 1.88. The fourth-order valence-electron chi connectivity index (χ4n) is 0.136. The van der Waals surface area contributed by atoms with Crippen molar-refractivity contribution in [3.63, 3.8) is 0 Å². The van der Waals surface area contributed by atoms with Gasteiger partial charge in [0.05, 0.1) is 6.04 Å². The Labute approximate surface area is 41.7 Å². The van der Waals surface area contributed by atoms with E-state index in [1.807, 2.05) is 0 Å². The third-order valence-corrected chi connectivity index (χ3v) is 0.495. The zero-order chi connectivity index (χ0) is 5.70. The average Bonchev–Trinajstić information content (AvgIpc) is 1.68. The van der Waals surface area contributed by atoms with Gasteiger partial charge in [-0.3, -0.25) is 9.59 Å². The molecule has 0 fully saturated rings. The first-order valence-corrected chi connectivity index (χ1v) is 1.88. The first kappa shape index (κ1) is 6.14. The SMILES string of the molecule is C[C@H]([C]=O)NC=O. The molecule has 0 aliphatic heterocycles. The van der Waals surface area contributed by atoms with Crippen molar-refractivity contribution in [1.29, 1.82) is 0 Å². The first-order chi connectivity index (χ1) is 3.31. The van der Waals surface area contributed by atoms with Crippen LogP contribution in [-0.4, -0.2) is 18.7 Å². The lowest BCUT2D eigenvalue weighted by molar-refractivity contribution is -0.109. The number of hydrogen-bond acceptors (Lipinski definition) is 2. The highest BCUT2D eigenvalue weighted by atomic mass is 16.1. The Kier molecular flexibility index (Phi) is 2.92. The summed E-state index contributed by atoms with van der Waals surface area (Å²) in [6, 6.07) is -0.475. The number of carbonyl (C=O) groups excluding carboxylic acids is 2. The van der Waals surface area contributed by atoms with Gasteiger partial charge in [0, 0.05) is 0 Å². The summed E-state index contributed by atoms with van der Waals surface area (Å²) in [5.41, 5.74) is 0. The Bertz CT molecular complexity index is 72.1. The molecule has 0 bridgehead atoms. The van der Waals surface area contributed by atoms with Gasteiger partial charge in [0.25, 0.3) is 0 Å². The van der Waals surface area contributed by atoms with Gasteiger partial charge in [0.15, 0.2) is 0 Å². The number of amides is 1. The van der Waals surface area contributed by atoms with Crippen LogP contribution in [-0.2, 0) is 9.59 Å². The third-order valence-electron chi connectivity index (χ3n) is 0.495. The summed E-state index contributed by atoms with van der Waals surface area (Å²) in [5.74, 6) is 0. The molecular weight excluding hydrogens is 94.0 g/mol. The highest BCUT2D eigenvalue weighted by Crippen LogP contribution is 1.65. The van der Waals surface area contributed by atoms with E-state index in [0.717, 1.165) is 0 Å². The summed E-state index contributed by atoms with van der Waals surface area (Å²) < 4.78 is 0. The molecule has 7 heavy (non-hydrogen) atoms. The van der Waals surface area contributed by atoms with Crippen LogP contribution in [0.2, 0.25) is 0 Å². The lowest BCUT2D eigenvalue weighted by atomic mass is 10.4. The van der Waals surface area contributed by atoms with Crippen LogP contribution in [0.25, 0.3) is 0 Å². The lowest BCUT2D eigenvalue weighted by Crippen LogP contribution is -2.24. The molecule has 1 radical (unpaired) electrons. The van der Waals surface area contributed by atoms with Gasteiger partial charge in [0.1, 0.15) is 0 Å². The normalized spacial score (nSPS) is 12.1. The van der Waals surface area contributed by atoms with Crippen LogP contribution in [0.15, 0.2) is 0 Å². The molecule has 3 heteroatoms. The molecule has 0 saturated carbocycles. The topological polar surface area (TPSA) is 46.2 Å². The maximum absolute atomic E-state index is 9.55. The maximum Gasteiger partial charge on any atom is 0.222 e. The van der Waals surface area contributed by atoms with Crippen LogP contribution >= 0.6 is 0 Å². The molecule has 0 aliphatic rings. The molecule has 3 nitrogen and oxygen atoms in total. The van der Waals surface area contributed by atoms with Crippen molar-refractivity contribution in [3.05, 3.63) is 0 Å². The van der Waals surface area contributed by atoms with E-state index in [1.54, 1.807) is 13.2 Å². The molecule has 0 saturated heterocycles. The monoisotopic (exact) mass is 100 g/mol. The van der Waals surface area contributed by atoms with E-state index in [1.165, 1.54) is 0 Å². The molecule has 0 aliphatic carbocycles. The average molecular weight is 100 g/mol. The molecule has 39 valence electrons. The van der Waals surface area contributed by atoms with Crippen molar-refractivity contribution >= 4 is 12.7 Å². The molecule has 0 spiro atoms. The molecule has 1 amide bonds. The van der Waals surface area contributed by atoms with Gasteiger partial charge in [-0.25, -0.2) is 0 Å². The summed E-state index contributed by atoms with van der Waals surface area (Å²) in [5, 5.41) is 2.19. The van der Waals surface area contributed by atoms with E-state index in [2.05, 4.69) is 5.32 Å². The summed E-state index contributed by atoms with van der Waals surface area (Å²) in [7, 11) is 0. The van der Waals surface area contributed by atoms with Gasteiger partial charge in [-0.15, -0.1) is 0 Å². The minimum Gasteiger partial charge on any atom is -0.349 e. The number of carbonyl (C=O) groups is 1. The van der Waals surface area contributed by atoms with Crippen molar-refractivity contribution in [3.8, 4) is 0 Å². The van der Waals surface area contributed by atoms with E-state index in [9.17, 15) is 9.59 Å². The number of rotatable bonds is 3. The molecule has 0 rings (SSSR count). The van der Waals surface area contributed by atoms with Crippen molar-refractivity contribution in [2.75, 3.05) is 0 Å². The lowest BCUT2D eigenvalue weighted by Gasteiger charge is -1.93. The predicted octanol–water partition coefficient (Wildman–Crippen LogP) is -0.769. The zero-order valence-electron chi connectivity index (χ0n) is 3.97. The molecular formula is C4H6NO2. The van der Waals surface area contributed by atoms with Gasteiger partial charge >= 0.3 is 0 Å². The number of nitrogens with one attached hydrogen (secondary N) is 1. The van der Waals surface area contributed by atoms with E-state index in [-0.39, 0.29) is 0 Å². The van der Waals surface area contributed by atoms with Gasteiger partial charge in [0.2, 0.25) is 12.7 Å². The summed E-state index contributed by atoms with van der Waals surface area (Å²) >= 11 is 0. The third kappa shape index (κ3) is 2.96. The quantitative estimate of drug-likeness (QED) is 0.473. The molecule has 1 atom stereocenters. The Morgan fingerprint density at radius 1 is 1.86 bits per heavy atom. The highest BCUT2D eigenvalue weighted by molar-refractivity contribution is 5.63. The van der Waals surface area contributed by atoms with Crippen LogP contribution in [0, 0.1) is 0 Å². The smallest absolute Gasteiger partial charge is 0.222 e. The van der Waals surface area contributed by atoms with E-state index in [4.69, 9.17) is 0 Å². The largest absolute Gasteiger partial charge is 0.349 e. The Morgan fingerprint density at radius 2 is 2.43 bits per heavy atom. The van der Waals surface area contributed by atoms with E-state index in [0.29, 0.717) is 6.41 Å². The van der Waals surface area contributed by atoms with Crippen molar-refractivity contribution in [1.82, 2.24) is 5.32 Å². The van der Waals surface area contributed by atoms with E-state index < -0.39 is 6.04 Å². The number of hydrogen-bond donors (Lipinski definition) is 1. The van der Waals surface area contributed by atoms with Crippen molar-refractivity contribution in [2.24, 2.45) is 0 Å².